The molecule has 1 atom stereocenters. The van der Waals surface area contributed by atoms with E-state index in [1.165, 1.54) is 10.5 Å². The van der Waals surface area contributed by atoms with Crippen LogP contribution >= 0.6 is 0 Å². The van der Waals surface area contributed by atoms with Gasteiger partial charge >= 0.3 is 18.4 Å². The average Bonchev–Trinajstić information content (AvgIpc) is 3.05. The van der Waals surface area contributed by atoms with E-state index in [1.807, 2.05) is 55.5 Å². The molecular weight excluding hydrogens is 666 g/mol. The highest BCUT2D eigenvalue weighted by molar-refractivity contribution is 5.75. The minimum atomic E-state index is -5.98. The van der Waals surface area contributed by atoms with E-state index in [4.69, 9.17) is 14.2 Å². The van der Waals surface area contributed by atoms with Gasteiger partial charge in [-0.25, -0.2) is 4.79 Å². The number of hydrogen-bond donors (Lipinski definition) is 2. The third-order valence-corrected chi connectivity index (χ3v) is 8.66. The highest BCUT2D eigenvalue weighted by Crippen LogP contribution is 2.51. The van der Waals surface area contributed by atoms with Gasteiger partial charge in [0.15, 0.2) is 5.72 Å². The minimum absolute atomic E-state index is 0.0267. The van der Waals surface area contributed by atoms with E-state index >= 15 is 0 Å². The molecule has 1 aliphatic rings. The summed E-state index contributed by atoms with van der Waals surface area (Å²) in [5.41, 5.74) is -4.08. The molecule has 274 valence electrons. The lowest BCUT2D eigenvalue weighted by atomic mass is 9.87. The van der Waals surface area contributed by atoms with Gasteiger partial charge < -0.3 is 29.5 Å². The van der Waals surface area contributed by atoms with Gasteiger partial charge in [-0.2, -0.15) is 26.3 Å². The number of nitrogens with zero attached hydrogens (tertiary/aromatic N) is 1. The van der Waals surface area contributed by atoms with Crippen molar-refractivity contribution in [3.05, 3.63) is 94.0 Å². The van der Waals surface area contributed by atoms with E-state index in [0.717, 1.165) is 23.3 Å². The van der Waals surface area contributed by atoms with Crippen molar-refractivity contribution in [1.82, 2.24) is 10.2 Å². The lowest BCUT2D eigenvalue weighted by molar-refractivity contribution is -0.376. The molecule has 1 saturated heterocycles. The van der Waals surface area contributed by atoms with Gasteiger partial charge in [-0.15, -0.1) is 0 Å². The summed E-state index contributed by atoms with van der Waals surface area (Å²) in [6.45, 7) is 8.14. The van der Waals surface area contributed by atoms with Crippen LogP contribution in [0.15, 0.2) is 60.7 Å². The summed E-state index contributed by atoms with van der Waals surface area (Å²) in [6, 6.07) is 16.5. The quantitative estimate of drug-likeness (QED) is 0.122. The van der Waals surface area contributed by atoms with Crippen molar-refractivity contribution in [2.75, 3.05) is 19.9 Å². The summed E-state index contributed by atoms with van der Waals surface area (Å²) in [4.78, 5) is 14.5. The molecule has 4 rings (SSSR count). The Bertz CT molecular complexity index is 1540. The maximum atomic E-state index is 13.7. The fourth-order valence-electron chi connectivity index (χ4n) is 5.75. The van der Waals surface area contributed by atoms with Crippen molar-refractivity contribution in [2.45, 2.75) is 96.5 Å². The van der Waals surface area contributed by atoms with E-state index in [1.54, 1.807) is 20.8 Å². The fourth-order valence-corrected chi connectivity index (χ4v) is 5.75. The molecule has 13 heteroatoms. The molecule has 3 aromatic rings. The van der Waals surface area contributed by atoms with Crippen LogP contribution in [0.5, 0.6) is 11.5 Å². The summed E-state index contributed by atoms with van der Waals surface area (Å²) < 4.78 is 99.9. The number of unbranched alkanes of at least 4 members (excludes halogenated alkanes) is 1. The molecule has 3 aromatic carbocycles. The summed E-state index contributed by atoms with van der Waals surface area (Å²) in [5, 5.41) is 13.0. The maximum Gasteiger partial charge on any atom is 0.430 e. The normalized spacial score (nSPS) is 17.1. The molecule has 0 aromatic heterocycles. The number of carbonyl (C=O) groups is 1. The average molecular weight is 711 g/mol. The van der Waals surface area contributed by atoms with Crippen LogP contribution in [0.2, 0.25) is 0 Å². The lowest BCUT2D eigenvalue weighted by Crippen LogP contribution is -2.58. The highest BCUT2D eigenvalue weighted by atomic mass is 19.4. The number of hydrogen-bond acceptors (Lipinski definition) is 5. The number of carbonyl (C=O) groups excluding carboxylic acids is 1. The molecule has 0 spiro atoms. The number of amides is 2. The van der Waals surface area contributed by atoms with E-state index < -0.39 is 29.2 Å². The standard InChI is InChI=1S/C37H44F6N2O5/c1-5-9-27-21-30(35(47,36(38,39)40)37(41,42)43)22-28(10-6-2)32(27)48-20-8-7-19-45-24-50-34(4,44-33(45)46)29-15-17-31(18-16-29)49-23-26-13-11-25(3)12-14-26/h11-18,21-22,47H,5-10,19-20,23-24H2,1-4H3,(H,44,46). The first-order valence-corrected chi connectivity index (χ1v) is 16.7. The maximum absolute atomic E-state index is 13.7. The largest absolute Gasteiger partial charge is 0.493 e. The Morgan fingerprint density at radius 2 is 1.46 bits per heavy atom. The van der Waals surface area contributed by atoms with Gasteiger partial charge in [0.1, 0.15) is 24.8 Å². The Balaban J connectivity index is 1.33. The van der Waals surface area contributed by atoms with Crippen LogP contribution in [0, 0.1) is 6.92 Å². The van der Waals surface area contributed by atoms with E-state index in [2.05, 4.69) is 5.32 Å². The Labute approximate surface area is 288 Å². The van der Waals surface area contributed by atoms with Crippen LogP contribution in [0.25, 0.3) is 0 Å². The Morgan fingerprint density at radius 1 is 0.880 bits per heavy atom. The fraction of sp³-hybridized carbons (Fsp3) is 0.486. The minimum Gasteiger partial charge on any atom is -0.493 e. The monoisotopic (exact) mass is 710 g/mol. The zero-order chi connectivity index (χ0) is 36.7. The van der Waals surface area contributed by atoms with Crippen molar-refractivity contribution in [3.63, 3.8) is 0 Å². The topological polar surface area (TPSA) is 80.3 Å². The van der Waals surface area contributed by atoms with Crippen molar-refractivity contribution in [1.29, 1.82) is 0 Å². The van der Waals surface area contributed by atoms with Gasteiger partial charge in [0.05, 0.1) is 6.61 Å². The van der Waals surface area contributed by atoms with Gasteiger partial charge in [0.2, 0.25) is 0 Å². The Morgan fingerprint density at radius 3 is 1.98 bits per heavy atom. The third-order valence-electron chi connectivity index (χ3n) is 8.66. The van der Waals surface area contributed by atoms with E-state index in [-0.39, 0.29) is 49.1 Å². The van der Waals surface area contributed by atoms with Crippen molar-refractivity contribution in [2.24, 2.45) is 0 Å². The molecule has 0 radical (unpaired) electrons. The number of aryl methyl sites for hydroxylation is 3. The Kier molecular flexibility index (Phi) is 12.4. The number of ether oxygens (including phenoxy) is 3. The van der Waals surface area contributed by atoms with Gasteiger partial charge in [-0.3, -0.25) is 0 Å². The first kappa shape index (κ1) is 38.8. The number of urea groups is 1. The van der Waals surface area contributed by atoms with Crippen LogP contribution < -0.4 is 14.8 Å². The van der Waals surface area contributed by atoms with E-state index in [9.17, 15) is 36.2 Å². The number of alkyl halides is 6. The second-order valence-electron chi connectivity index (χ2n) is 12.7. The molecule has 1 aliphatic heterocycles. The predicted molar refractivity (Wildman–Crippen MR) is 176 cm³/mol. The Hall–Kier alpha value is -3.97. The zero-order valence-corrected chi connectivity index (χ0v) is 28.6. The molecule has 1 heterocycles. The summed E-state index contributed by atoms with van der Waals surface area (Å²) in [6.07, 6.45) is -9.87. The second-order valence-corrected chi connectivity index (χ2v) is 12.7. The number of aliphatic hydroxyl groups is 1. The van der Waals surface area contributed by atoms with Crippen LogP contribution in [0.1, 0.15) is 79.8 Å². The zero-order valence-electron chi connectivity index (χ0n) is 28.6. The predicted octanol–water partition coefficient (Wildman–Crippen LogP) is 8.82. The molecule has 1 fully saturated rings. The SMILES string of the molecule is CCCc1cc(C(O)(C(F)(F)F)C(F)(F)F)cc(CCC)c1OCCCCN1COC(C)(c2ccc(OCc3ccc(C)cc3)cc2)NC1=O. The molecule has 2 N–H and O–H groups in total. The molecular formula is C37H44F6N2O5. The molecule has 0 bridgehead atoms. The first-order valence-electron chi connectivity index (χ1n) is 16.7. The van der Waals surface area contributed by atoms with Gasteiger partial charge in [-0.05, 0) is 80.5 Å². The molecule has 0 saturated carbocycles. The summed E-state index contributed by atoms with van der Waals surface area (Å²) >= 11 is 0. The molecule has 1 unspecified atom stereocenters. The number of nitrogens with one attached hydrogen (secondary N) is 1. The molecule has 7 nitrogen and oxygen atoms in total. The van der Waals surface area contributed by atoms with Gasteiger partial charge in [0.25, 0.3) is 5.60 Å². The third kappa shape index (κ3) is 8.84. The van der Waals surface area contributed by atoms with Crippen molar-refractivity contribution >= 4 is 6.03 Å². The van der Waals surface area contributed by atoms with Crippen molar-refractivity contribution < 1.29 is 50.5 Å². The van der Waals surface area contributed by atoms with Crippen LogP contribution in [0.3, 0.4) is 0 Å². The summed E-state index contributed by atoms with van der Waals surface area (Å²) in [7, 11) is 0. The molecule has 0 aliphatic carbocycles. The summed E-state index contributed by atoms with van der Waals surface area (Å²) in [5.74, 6) is 0.901. The van der Waals surface area contributed by atoms with Crippen LogP contribution in [0.4, 0.5) is 31.1 Å². The molecule has 2 amide bonds. The second kappa shape index (κ2) is 15.9. The lowest BCUT2D eigenvalue weighted by Gasteiger charge is -2.40. The van der Waals surface area contributed by atoms with Crippen LogP contribution in [-0.4, -0.2) is 48.3 Å². The number of rotatable bonds is 15. The molecule has 50 heavy (non-hydrogen) atoms. The smallest absolute Gasteiger partial charge is 0.430 e. The number of halogens is 6. The van der Waals surface area contributed by atoms with E-state index in [0.29, 0.717) is 44.6 Å². The highest BCUT2D eigenvalue weighted by Gasteiger charge is 2.71. The van der Waals surface area contributed by atoms with Gasteiger partial charge in [0, 0.05) is 17.7 Å². The number of benzene rings is 3. The van der Waals surface area contributed by atoms with Crippen LogP contribution in [-0.2, 0) is 35.5 Å². The van der Waals surface area contributed by atoms with Crippen molar-refractivity contribution in [3.8, 4) is 11.5 Å². The van der Waals surface area contributed by atoms with Gasteiger partial charge in [-0.1, -0.05) is 68.7 Å². The first-order chi connectivity index (χ1) is 23.5.